The largest absolute Gasteiger partial charge is 0.494 e. The highest BCUT2D eigenvalue weighted by Crippen LogP contribution is 2.46. The van der Waals surface area contributed by atoms with Crippen LogP contribution in [0.1, 0.15) is 42.1 Å². The third-order valence-corrected chi connectivity index (χ3v) is 14.4. The van der Waals surface area contributed by atoms with E-state index in [1.165, 1.54) is 12.3 Å². The average molecular weight is 895 g/mol. The van der Waals surface area contributed by atoms with Gasteiger partial charge in [0.1, 0.15) is 29.8 Å². The molecule has 6 heterocycles. The van der Waals surface area contributed by atoms with Crippen molar-refractivity contribution in [2.24, 2.45) is 12.5 Å². The summed E-state index contributed by atoms with van der Waals surface area (Å²) in [6, 6.07) is 14.1. The minimum atomic E-state index is -2.94. The van der Waals surface area contributed by atoms with Crippen LogP contribution in [0.5, 0.6) is 5.75 Å². The average Bonchev–Trinajstić information content (AvgIpc) is 3.45. The molecule has 1 unspecified atom stereocenters. The first-order chi connectivity index (χ1) is 30.0. The summed E-state index contributed by atoms with van der Waals surface area (Å²) in [6.07, 6.45) is 3.72. The molecular formula is C45H49ClFN10O5P. The first kappa shape index (κ1) is 42.5. The van der Waals surface area contributed by atoms with Crippen LogP contribution < -0.4 is 36.6 Å². The number of halogens is 2. The number of imidazole rings is 1. The van der Waals surface area contributed by atoms with Gasteiger partial charge >= 0.3 is 5.69 Å². The lowest BCUT2D eigenvalue weighted by Crippen LogP contribution is -2.72. The molecule has 0 saturated carbocycles. The first-order valence-electron chi connectivity index (χ1n) is 20.9. The van der Waals surface area contributed by atoms with E-state index >= 15 is 0 Å². The molecule has 0 aliphatic carbocycles. The van der Waals surface area contributed by atoms with E-state index in [2.05, 4.69) is 53.7 Å². The molecular weight excluding hydrogens is 846 g/mol. The number of nitrogens with one attached hydrogen (secondary N) is 3. The molecule has 3 aliphatic heterocycles. The lowest BCUT2D eigenvalue weighted by Gasteiger charge is -2.61. The van der Waals surface area contributed by atoms with Crippen molar-refractivity contribution >= 4 is 86.6 Å². The van der Waals surface area contributed by atoms with Crippen molar-refractivity contribution in [3.05, 3.63) is 92.9 Å². The number of fused-ring (bicyclic) bond motifs is 2. The van der Waals surface area contributed by atoms with E-state index in [-0.39, 0.29) is 45.9 Å². The number of anilines is 5. The maximum atomic E-state index is 14.7. The summed E-state index contributed by atoms with van der Waals surface area (Å²) in [6.45, 7) is 11.8. The smallest absolute Gasteiger partial charge is 0.329 e. The molecule has 1 spiro atoms. The molecule has 1 atom stereocenters. The summed E-state index contributed by atoms with van der Waals surface area (Å²) >= 11 is 6.58. The van der Waals surface area contributed by atoms with Crippen LogP contribution >= 0.6 is 18.7 Å². The Balaban J connectivity index is 0.830. The maximum Gasteiger partial charge on any atom is 0.329 e. The second-order valence-electron chi connectivity index (χ2n) is 17.5. The zero-order chi connectivity index (χ0) is 44.5. The number of rotatable bonds is 12. The number of ether oxygens (including phenoxy) is 1. The highest BCUT2D eigenvalue weighted by molar-refractivity contribution is 7.71. The van der Waals surface area contributed by atoms with Crippen molar-refractivity contribution in [2.75, 3.05) is 68.7 Å². The normalized spacial score (nSPS) is 17.5. The van der Waals surface area contributed by atoms with Gasteiger partial charge in [-0.15, -0.1) is 0 Å². The van der Waals surface area contributed by atoms with E-state index in [0.717, 1.165) is 73.4 Å². The Kier molecular flexibility index (Phi) is 10.8. The van der Waals surface area contributed by atoms with Gasteiger partial charge in [0, 0.05) is 67.5 Å². The minimum Gasteiger partial charge on any atom is -0.494 e. The number of carbonyl (C=O) groups excluding carboxylic acids is 2. The third kappa shape index (κ3) is 7.82. The number of pyridine rings is 1. The Morgan fingerprint density at radius 2 is 1.79 bits per heavy atom. The van der Waals surface area contributed by atoms with Crippen molar-refractivity contribution in [3.8, 4) is 5.75 Å². The summed E-state index contributed by atoms with van der Waals surface area (Å²) < 4.78 is 37.3. The number of imide groups is 1. The highest BCUT2D eigenvalue weighted by Gasteiger charge is 2.51. The maximum absolute atomic E-state index is 14.7. The van der Waals surface area contributed by atoms with Crippen LogP contribution in [0.3, 0.4) is 0 Å². The van der Waals surface area contributed by atoms with Crippen molar-refractivity contribution in [1.29, 1.82) is 0 Å². The lowest BCUT2D eigenvalue weighted by molar-refractivity contribution is -0.135. The van der Waals surface area contributed by atoms with Gasteiger partial charge in [-0.25, -0.2) is 14.2 Å². The van der Waals surface area contributed by atoms with E-state index in [1.54, 1.807) is 55.7 Å². The molecule has 15 nitrogen and oxygen atoms in total. The molecule has 18 heteroatoms. The number of likely N-dealkylation sites (tertiary alicyclic amines) is 1. The predicted octanol–water partition coefficient (Wildman–Crippen LogP) is 6.56. The molecule has 63 heavy (non-hydrogen) atoms. The SMILES string of the molecule is COc1cc(N2CC3(CN(CCCc4cccc5c4n(C)c(=O)n5C4CCC(=O)NC4=O)C3)C2)c(C)cc1Nc1ncc(Cl)c(Nc2ccc3nc(C)c(F)cc3c2P(C)(C)=O)n1. The molecule has 3 saturated heterocycles. The van der Waals surface area contributed by atoms with Crippen molar-refractivity contribution < 1.29 is 23.3 Å². The van der Waals surface area contributed by atoms with Crippen LogP contribution in [0, 0.1) is 25.1 Å². The number of carbonyl (C=O) groups is 2. The van der Waals surface area contributed by atoms with Crippen LogP contribution in [0.2, 0.25) is 5.02 Å². The number of benzene rings is 3. The zero-order valence-corrected chi connectivity index (χ0v) is 37.7. The van der Waals surface area contributed by atoms with Crippen molar-refractivity contribution in [1.82, 2.24) is 34.3 Å². The zero-order valence-electron chi connectivity index (χ0n) is 36.0. The second kappa shape index (κ2) is 16.1. The standard InChI is InChI=1S/C45H49ClFN10O5P/c1-25-17-33(51-43-48-20-29(46)41(53-43)50-32-13-12-31-28(40(32)63(5,6)61)18-30(47)26(2)49-31)37(62-4)19-36(25)56-23-45(24-56)21-55(22-45)16-8-10-27-9-7-11-34-39(27)54(3)44(60)57(34)35-14-15-38(58)52-42(35)59/h7,9,11-13,17-20,35H,8,10,14-16,21-24H2,1-6H3,(H,52,58,59)(H2,48,50,51,53). The highest BCUT2D eigenvalue weighted by atomic mass is 35.5. The number of amides is 2. The molecule has 3 fully saturated rings. The van der Waals surface area contributed by atoms with E-state index in [1.807, 2.05) is 24.3 Å². The van der Waals surface area contributed by atoms with Gasteiger partial charge < -0.3 is 29.7 Å². The predicted molar refractivity (Wildman–Crippen MR) is 245 cm³/mol. The topological polar surface area (TPSA) is 169 Å². The number of aryl methyl sites for hydroxylation is 4. The fourth-order valence-electron chi connectivity index (χ4n) is 9.67. The molecule has 0 bridgehead atoms. The Hall–Kier alpha value is -5.83. The van der Waals surface area contributed by atoms with Gasteiger partial charge in [-0.05, 0) is 94.4 Å². The molecule has 0 radical (unpaired) electrons. The molecule has 9 rings (SSSR count). The number of methoxy groups -OCH3 is 1. The summed E-state index contributed by atoms with van der Waals surface area (Å²) in [4.78, 5) is 56.1. The van der Waals surface area contributed by atoms with Gasteiger partial charge in [0.25, 0.3) is 0 Å². The van der Waals surface area contributed by atoms with E-state index < -0.39 is 24.9 Å². The Morgan fingerprint density at radius 3 is 2.52 bits per heavy atom. The number of piperidine rings is 1. The minimum absolute atomic E-state index is 0.207. The quantitative estimate of drug-likeness (QED) is 0.0895. The second-order valence-corrected chi connectivity index (χ2v) is 21.1. The van der Waals surface area contributed by atoms with Gasteiger partial charge in [-0.3, -0.25) is 29.0 Å². The van der Waals surface area contributed by atoms with E-state index in [9.17, 15) is 23.3 Å². The van der Waals surface area contributed by atoms with Gasteiger partial charge in [-0.2, -0.15) is 4.98 Å². The van der Waals surface area contributed by atoms with Gasteiger partial charge in [0.05, 0.1) is 46.9 Å². The van der Waals surface area contributed by atoms with Crippen LogP contribution in [0.15, 0.2) is 59.5 Å². The monoisotopic (exact) mass is 894 g/mol. The molecule has 3 aromatic heterocycles. The van der Waals surface area contributed by atoms with Crippen molar-refractivity contribution in [2.45, 2.75) is 45.6 Å². The molecule has 3 aromatic carbocycles. The Bertz CT molecular complexity index is 2970. The van der Waals surface area contributed by atoms with Gasteiger partial charge in [0.2, 0.25) is 17.8 Å². The Labute approximate surface area is 368 Å². The molecule has 6 aromatic rings. The Morgan fingerprint density at radius 1 is 1.02 bits per heavy atom. The first-order valence-corrected chi connectivity index (χ1v) is 23.9. The van der Waals surface area contributed by atoms with Gasteiger partial charge in [0.15, 0.2) is 5.82 Å². The summed E-state index contributed by atoms with van der Waals surface area (Å²) in [5, 5.41) is 10.0. The van der Waals surface area contributed by atoms with Crippen molar-refractivity contribution in [3.63, 3.8) is 0 Å². The van der Waals surface area contributed by atoms with Crippen LogP contribution in [0.4, 0.5) is 33.2 Å². The summed E-state index contributed by atoms with van der Waals surface area (Å²) in [7, 11) is 0.427. The summed E-state index contributed by atoms with van der Waals surface area (Å²) in [5.41, 5.74) is 6.72. The molecule has 328 valence electrons. The molecule has 3 aliphatic rings. The van der Waals surface area contributed by atoms with Crippen LogP contribution in [-0.4, -0.2) is 94.0 Å². The molecule has 3 N–H and O–H groups in total. The third-order valence-electron chi connectivity index (χ3n) is 12.5. The molecule has 2 amide bonds. The number of para-hydroxylation sites is 1. The van der Waals surface area contributed by atoms with Gasteiger partial charge in [-0.1, -0.05) is 23.7 Å². The fourth-order valence-corrected chi connectivity index (χ4v) is 11.3. The lowest BCUT2D eigenvalue weighted by atomic mass is 9.72. The fraction of sp³-hybridized carbons (Fsp3) is 0.378. The van der Waals surface area contributed by atoms with Crippen LogP contribution in [-0.2, 0) is 27.6 Å². The van der Waals surface area contributed by atoms with E-state index in [4.69, 9.17) is 16.3 Å². The number of nitrogens with zero attached hydrogens (tertiary/aromatic N) is 7. The number of aromatic nitrogens is 5. The summed E-state index contributed by atoms with van der Waals surface area (Å²) in [5.74, 6) is -0.0497. The van der Waals surface area contributed by atoms with Crippen LogP contribution in [0.25, 0.3) is 21.9 Å². The number of hydrogen-bond donors (Lipinski definition) is 3. The number of hydrogen-bond acceptors (Lipinski definition) is 12. The van der Waals surface area contributed by atoms with E-state index in [0.29, 0.717) is 39.8 Å².